The number of amides is 1. The van der Waals surface area contributed by atoms with Gasteiger partial charge in [0.15, 0.2) is 5.82 Å². The first kappa shape index (κ1) is 24.3. The molecule has 0 saturated carbocycles. The first-order chi connectivity index (χ1) is 15.9. The number of nitrogens with zero attached hydrogens (tertiary/aromatic N) is 3. The number of nitrogens with one attached hydrogen (secondary N) is 2. The molecule has 7 nitrogen and oxygen atoms in total. The van der Waals surface area contributed by atoms with E-state index in [1.54, 1.807) is 18.3 Å². The van der Waals surface area contributed by atoms with Gasteiger partial charge in [-0.15, -0.1) is 0 Å². The first-order valence-corrected chi connectivity index (χ1v) is 12.4. The monoisotopic (exact) mass is 511 g/mol. The van der Waals surface area contributed by atoms with Crippen LogP contribution in [0.2, 0.25) is 15.1 Å². The standard InChI is InChI=1S/C23H28Cl3N5O2/c1-14(18-3-2-16(24)12-19(18)25)28-21-20(26)13-27-23(30-21)31-8-4-17(5-9-31)29-22(32)15-6-10-33-11-7-15/h2-3,12-15,17H,4-11H2,1H3,(H,29,32)(H,27,28,30)/t14-/m1/s1. The predicted octanol–water partition coefficient (Wildman–Crippen LogP) is 5.12. The van der Waals surface area contributed by atoms with Crippen LogP contribution in [-0.4, -0.2) is 48.2 Å². The Hall–Kier alpha value is -1.80. The molecule has 1 amide bonds. The number of hydrogen-bond acceptors (Lipinski definition) is 6. The number of aromatic nitrogens is 2. The fourth-order valence-corrected chi connectivity index (χ4v) is 4.97. The van der Waals surface area contributed by atoms with Crippen molar-refractivity contribution in [3.63, 3.8) is 0 Å². The summed E-state index contributed by atoms with van der Waals surface area (Å²) in [6.45, 7) is 4.85. The summed E-state index contributed by atoms with van der Waals surface area (Å²) in [5.74, 6) is 1.39. The summed E-state index contributed by atoms with van der Waals surface area (Å²) in [4.78, 5) is 23.7. The van der Waals surface area contributed by atoms with Gasteiger partial charge in [0.1, 0.15) is 5.02 Å². The maximum atomic E-state index is 12.5. The summed E-state index contributed by atoms with van der Waals surface area (Å²) in [7, 11) is 0. The molecule has 0 unspecified atom stereocenters. The molecule has 178 valence electrons. The van der Waals surface area contributed by atoms with Gasteiger partial charge in [-0.25, -0.2) is 4.98 Å². The number of piperidine rings is 1. The van der Waals surface area contributed by atoms with Crippen LogP contribution in [-0.2, 0) is 9.53 Å². The first-order valence-electron chi connectivity index (χ1n) is 11.3. The van der Waals surface area contributed by atoms with Crippen molar-refractivity contribution in [1.29, 1.82) is 0 Å². The number of ether oxygens (including phenoxy) is 1. The number of carbonyl (C=O) groups is 1. The minimum absolute atomic E-state index is 0.0705. The summed E-state index contributed by atoms with van der Waals surface area (Å²) in [5, 5.41) is 8.16. The third-order valence-corrected chi connectivity index (χ3v) is 7.07. The minimum Gasteiger partial charge on any atom is -0.381 e. The van der Waals surface area contributed by atoms with Gasteiger partial charge in [0.2, 0.25) is 11.9 Å². The maximum absolute atomic E-state index is 12.5. The summed E-state index contributed by atoms with van der Waals surface area (Å²) >= 11 is 18.7. The van der Waals surface area contributed by atoms with Crippen LogP contribution in [0.4, 0.5) is 11.8 Å². The summed E-state index contributed by atoms with van der Waals surface area (Å²) < 4.78 is 5.35. The van der Waals surface area contributed by atoms with Crippen molar-refractivity contribution in [2.24, 2.45) is 5.92 Å². The molecule has 33 heavy (non-hydrogen) atoms. The molecule has 2 aliphatic rings. The molecule has 2 N–H and O–H groups in total. The van der Waals surface area contributed by atoms with E-state index in [4.69, 9.17) is 39.5 Å². The summed E-state index contributed by atoms with van der Waals surface area (Å²) in [6.07, 6.45) is 4.92. The molecule has 0 bridgehead atoms. The average Bonchev–Trinajstić information content (AvgIpc) is 2.81. The normalized spacial score (nSPS) is 18.7. The molecular weight excluding hydrogens is 485 g/mol. The Morgan fingerprint density at radius 2 is 1.85 bits per heavy atom. The minimum atomic E-state index is -0.124. The van der Waals surface area contributed by atoms with Crippen molar-refractivity contribution in [1.82, 2.24) is 15.3 Å². The van der Waals surface area contributed by atoms with Gasteiger partial charge in [0, 0.05) is 48.3 Å². The van der Waals surface area contributed by atoms with Crippen LogP contribution in [0.3, 0.4) is 0 Å². The summed E-state index contributed by atoms with van der Waals surface area (Å²) in [5.41, 5.74) is 0.901. The summed E-state index contributed by atoms with van der Waals surface area (Å²) in [6, 6.07) is 5.46. The number of hydrogen-bond donors (Lipinski definition) is 2. The van der Waals surface area contributed by atoms with Crippen molar-refractivity contribution in [2.75, 3.05) is 36.5 Å². The van der Waals surface area contributed by atoms with E-state index in [0.29, 0.717) is 40.0 Å². The molecule has 2 aromatic rings. The Bertz CT molecular complexity index is 979. The second-order valence-corrected chi connectivity index (χ2v) is 9.81. The van der Waals surface area contributed by atoms with Crippen molar-refractivity contribution in [3.8, 4) is 0 Å². The smallest absolute Gasteiger partial charge is 0.227 e. The van der Waals surface area contributed by atoms with Gasteiger partial charge in [-0.3, -0.25) is 4.79 Å². The SMILES string of the molecule is C[C@@H](Nc1nc(N2CCC(NC(=O)C3CCOCC3)CC2)ncc1Cl)c1ccc(Cl)cc1Cl. The molecular formula is C23H28Cl3N5O2. The van der Waals surface area contributed by atoms with E-state index in [1.807, 2.05) is 13.0 Å². The number of rotatable bonds is 6. The Morgan fingerprint density at radius 1 is 1.12 bits per heavy atom. The van der Waals surface area contributed by atoms with Crippen LogP contribution in [0.1, 0.15) is 44.2 Å². The molecule has 0 spiro atoms. The zero-order valence-corrected chi connectivity index (χ0v) is 20.8. The van der Waals surface area contributed by atoms with Crippen LogP contribution in [0.5, 0.6) is 0 Å². The molecule has 2 fully saturated rings. The Morgan fingerprint density at radius 3 is 2.55 bits per heavy atom. The van der Waals surface area contributed by atoms with Gasteiger partial charge in [-0.1, -0.05) is 40.9 Å². The largest absolute Gasteiger partial charge is 0.381 e. The van der Waals surface area contributed by atoms with Gasteiger partial charge in [-0.05, 0) is 50.3 Å². The average molecular weight is 513 g/mol. The number of halogens is 3. The van der Waals surface area contributed by atoms with E-state index in [1.165, 1.54) is 0 Å². The molecule has 1 aromatic carbocycles. The fraction of sp³-hybridized carbons (Fsp3) is 0.522. The Balaban J connectivity index is 1.35. The molecule has 10 heteroatoms. The Labute approximate surface area is 209 Å². The highest BCUT2D eigenvalue weighted by Gasteiger charge is 2.27. The zero-order valence-electron chi connectivity index (χ0n) is 18.5. The second-order valence-electron chi connectivity index (χ2n) is 8.55. The highest BCUT2D eigenvalue weighted by molar-refractivity contribution is 6.35. The molecule has 4 rings (SSSR count). The lowest BCUT2D eigenvalue weighted by atomic mass is 9.97. The van der Waals surface area contributed by atoms with Gasteiger partial charge in [0.05, 0.1) is 12.2 Å². The number of carbonyl (C=O) groups excluding carboxylic acids is 1. The Kier molecular flexibility index (Phi) is 8.17. The van der Waals surface area contributed by atoms with E-state index in [2.05, 4.69) is 25.5 Å². The molecule has 2 saturated heterocycles. The quantitative estimate of drug-likeness (QED) is 0.559. The molecule has 1 aromatic heterocycles. The van der Waals surface area contributed by atoms with Crippen molar-refractivity contribution >= 4 is 52.5 Å². The molecule has 1 atom stereocenters. The molecule has 3 heterocycles. The molecule has 0 radical (unpaired) electrons. The van der Waals surface area contributed by atoms with Crippen LogP contribution in [0.15, 0.2) is 24.4 Å². The third-order valence-electron chi connectivity index (χ3n) is 6.23. The molecule has 2 aliphatic heterocycles. The van der Waals surface area contributed by atoms with Gasteiger partial charge in [-0.2, -0.15) is 4.98 Å². The topological polar surface area (TPSA) is 79.4 Å². The van der Waals surface area contributed by atoms with Gasteiger partial charge >= 0.3 is 0 Å². The predicted molar refractivity (Wildman–Crippen MR) is 132 cm³/mol. The van der Waals surface area contributed by atoms with Crippen LogP contribution < -0.4 is 15.5 Å². The van der Waals surface area contributed by atoms with Crippen molar-refractivity contribution in [2.45, 2.75) is 44.7 Å². The lowest BCUT2D eigenvalue weighted by Gasteiger charge is -2.33. The highest BCUT2D eigenvalue weighted by atomic mass is 35.5. The highest BCUT2D eigenvalue weighted by Crippen LogP contribution is 2.31. The van der Waals surface area contributed by atoms with E-state index < -0.39 is 0 Å². The number of benzene rings is 1. The van der Waals surface area contributed by atoms with E-state index in [-0.39, 0.29) is 23.9 Å². The van der Waals surface area contributed by atoms with Crippen LogP contribution >= 0.6 is 34.8 Å². The van der Waals surface area contributed by atoms with Gasteiger partial charge < -0.3 is 20.3 Å². The van der Waals surface area contributed by atoms with Crippen molar-refractivity contribution in [3.05, 3.63) is 45.0 Å². The number of anilines is 2. The zero-order chi connectivity index (χ0) is 23.4. The van der Waals surface area contributed by atoms with Crippen LogP contribution in [0, 0.1) is 5.92 Å². The van der Waals surface area contributed by atoms with E-state index in [9.17, 15) is 4.79 Å². The third kappa shape index (κ3) is 6.21. The van der Waals surface area contributed by atoms with E-state index >= 15 is 0 Å². The van der Waals surface area contributed by atoms with Gasteiger partial charge in [0.25, 0.3) is 0 Å². The lowest BCUT2D eigenvalue weighted by molar-refractivity contribution is -0.128. The van der Waals surface area contributed by atoms with Crippen LogP contribution in [0.25, 0.3) is 0 Å². The fourth-order valence-electron chi connectivity index (χ4n) is 4.25. The lowest BCUT2D eigenvalue weighted by Crippen LogP contribution is -2.47. The second kappa shape index (κ2) is 11.1. The van der Waals surface area contributed by atoms with E-state index in [0.717, 1.165) is 44.3 Å². The molecule has 0 aliphatic carbocycles. The van der Waals surface area contributed by atoms with Crippen molar-refractivity contribution < 1.29 is 9.53 Å². The maximum Gasteiger partial charge on any atom is 0.227 e.